The Hall–Kier alpha value is -2.44. The minimum Gasteiger partial charge on any atom is -0.445 e. The lowest BCUT2D eigenvalue weighted by Crippen LogP contribution is -2.50. The summed E-state index contributed by atoms with van der Waals surface area (Å²) in [6, 6.07) is 7.12. The van der Waals surface area contributed by atoms with Crippen LogP contribution in [0.25, 0.3) is 0 Å². The largest absolute Gasteiger partial charge is 0.445 e. The normalized spacial score (nSPS) is 12.8. The van der Waals surface area contributed by atoms with E-state index in [2.05, 4.69) is 15.4 Å². The summed E-state index contributed by atoms with van der Waals surface area (Å²) in [5.74, 6) is -0.773. The number of nitrogens with one attached hydrogen (secondary N) is 2. The first-order valence-electron chi connectivity index (χ1n) is 9.66. The third-order valence-electron chi connectivity index (χ3n) is 4.65. The number of alkyl halides is 10. The van der Waals surface area contributed by atoms with Gasteiger partial charge in [-0.25, -0.2) is 9.18 Å². The van der Waals surface area contributed by atoms with Crippen molar-refractivity contribution in [3.63, 3.8) is 0 Å². The Kier molecular flexibility index (Phi) is 9.01. The number of hydrogen-bond acceptors (Lipinski definition) is 3. The van der Waals surface area contributed by atoms with E-state index in [1.807, 2.05) is 0 Å². The van der Waals surface area contributed by atoms with E-state index in [9.17, 15) is 40.3 Å². The molecule has 0 saturated carbocycles. The molecule has 0 aromatic heterocycles. The zero-order valence-corrected chi connectivity index (χ0v) is 20.2. The lowest BCUT2D eigenvalue weighted by molar-refractivity contribution is -0.348. The maximum Gasteiger partial charge on any atom is 0.435 e. The van der Waals surface area contributed by atoms with Crippen LogP contribution >= 0.6 is 34.8 Å². The number of anilines is 1. The Morgan fingerprint density at radius 3 is 2.06 bits per heavy atom. The van der Waals surface area contributed by atoms with Gasteiger partial charge in [-0.05, 0) is 36.2 Å². The van der Waals surface area contributed by atoms with Gasteiger partial charge in [-0.15, -0.1) is 0 Å². The summed E-state index contributed by atoms with van der Waals surface area (Å²) < 4.78 is 95.0. The molecule has 0 aliphatic rings. The SMILES string of the molecule is Cc1cc(C(F)(C(F)(F)F)C(F)(F)F)ccc1NC(=O)c1cccc(CNC(=O)OCC(Cl)(Cl)Cl)c1. The lowest BCUT2D eigenvalue weighted by atomic mass is 9.92. The van der Waals surface area contributed by atoms with Gasteiger partial charge in [0.15, 0.2) is 0 Å². The minimum absolute atomic E-state index is 0.0397. The zero-order chi connectivity index (χ0) is 27.5. The van der Waals surface area contributed by atoms with Crippen LogP contribution in [0.5, 0.6) is 0 Å². The average Bonchev–Trinajstić information content (AvgIpc) is 2.75. The molecule has 0 atom stereocenters. The van der Waals surface area contributed by atoms with Crippen LogP contribution < -0.4 is 10.6 Å². The molecule has 0 unspecified atom stereocenters. The van der Waals surface area contributed by atoms with Crippen molar-refractivity contribution < 1.29 is 45.1 Å². The Morgan fingerprint density at radius 2 is 1.53 bits per heavy atom. The number of alkyl carbamates (subject to hydrolysis) is 1. The van der Waals surface area contributed by atoms with Crippen LogP contribution in [0, 0.1) is 6.92 Å². The van der Waals surface area contributed by atoms with Crippen LogP contribution in [0.1, 0.15) is 27.0 Å². The van der Waals surface area contributed by atoms with Gasteiger partial charge in [0.2, 0.25) is 3.79 Å². The zero-order valence-electron chi connectivity index (χ0n) is 18.0. The molecule has 0 radical (unpaired) electrons. The van der Waals surface area contributed by atoms with Gasteiger partial charge >= 0.3 is 24.1 Å². The van der Waals surface area contributed by atoms with E-state index in [0.29, 0.717) is 17.7 Å². The van der Waals surface area contributed by atoms with Gasteiger partial charge in [0, 0.05) is 23.4 Å². The second-order valence-corrected chi connectivity index (χ2v) is 9.90. The van der Waals surface area contributed by atoms with Gasteiger partial charge in [0.25, 0.3) is 5.91 Å². The molecule has 0 heterocycles. The smallest absolute Gasteiger partial charge is 0.435 e. The standard InChI is InChI=1S/C21H16Cl3F7N2O3/c1-11-7-14(19(25,20(26,27)28)21(29,30)31)5-6-15(11)33-16(34)13-4-2-3-12(8-13)9-32-17(35)36-10-18(22,23)24/h2-8H,9-10H2,1H3,(H,32,35)(H,33,34). The van der Waals surface area contributed by atoms with Crippen molar-refractivity contribution in [1.82, 2.24) is 5.32 Å². The van der Waals surface area contributed by atoms with E-state index in [1.54, 1.807) is 6.07 Å². The summed E-state index contributed by atoms with van der Waals surface area (Å²) in [4.78, 5) is 24.2. The molecule has 5 nitrogen and oxygen atoms in total. The monoisotopic (exact) mass is 582 g/mol. The molecular weight excluding hydrogens is 568 g/mol. The molecule has 0 fully saturated rings. The van der Waals surface area contributed by atoms with Crippen molar-refractivity contribution >= 4 is 52.5 Å². The van der Waals surface area contributed by atoms with Crippen LogP contribution in [0.4, 0.5) is 41.2 Å². The summed E-state index contributed by atoms with van der Waals surface area (Å²) in [5, 5.41) is 4.68. The van der Waals surface area contributed by atoms with Crippen molar-refractivity contribution in [2.75, 3.05) is 11.9 Å². The second kappa shape index (κ2) is 10.9. The van der Waals surface area contributed by atoms with E-state index in [0.717, 1.165) is 13.0 Å². The first-order chi connectivity index (χ1) is 16.3. The number of carbonyl (C=O) groups excluding carboxylic acids is 2. The number of amides is 2. The molecule has 2 amide bonds. The lowest BCUT2D eigenvalue weighted by Gasteiger charge is -2.30. The summed E-state index contributed by atoms with van der Waals surface area (Å²) in [6.45, 7) is 0.496. The molecule has 2 aromatic carbocycles. The molecule has 15 heteroatoms. The molecule has 0 saturated heterocycles. The summed E-state index contributed by atoms with van der Waals surface area (Å²) in [7, 11) is 0. The first kappa shape index (κ1) is 29.8. The van der Waals surface area contributed by atoms with Crippen LogP contribution in [0.3, 0.4) is 0 Å². The van der Waals surface area contributed by atoms with Crippen LogP contribution in [0.2, 0.25) is 0 Å². The second-order valence-electron chi connectivity index (χ2n) is 7.38. The quantitative estimate of drug-likeness (QED) is 0.281. The molecule has 0 bridgehead atoms. The maximum absolute atomic E-state index is 14.3. The van der Waals surface area contributed by atoms with Crippen molar-refractivity contribution in [1.29, 1.82) is 0 Å². The molecule has 0 aliphatic heterocycles. The Morgan fingerprint density at radius 1 is 0.917 bits per heavy atom. The first-order valence-corrected chi connectivity index (χ1v) is 10.8. The molecule has 0 spiro atoms. The highest BCUT2D eigenvalue weighted by Gasteiger charge is 2.73. The fourth-order valence-electron chi connectivity index (χ4n) is 2.90. The fourth-order valence-corrected chi connectivity index (χ4v) is 3.06. The van der Waals surface area contributed by atoms with Gasteiger partial charge in [-0.1, -0.05) is 59.1 Å². The molecule has 36 heavy (non-hydrogen) atoms. The van der Waals surface area contributed by atoms with E-state index in [-0.39, 0.29) is 23.4 Å². The Labute approximate surface area is 214 Å². The Bertz CT molecular complexity index is 1110. The summed E-state index contributed by atoms with van der Waals surface area (Å²) in [5.41, 5.74) is -7.18. The van der Waals surface area contributed by atoms with Crippen LogP contribution in [-0.4, -0.2) is 34.8 Å². The third kappa shape index (κ3) is 7.30. The Balaban J connectivity index is 2.15. The highest BCUT2D eigenvalue weighted by molar-refractivity contribution is 6.67. The van der Waals surface area contributed by atoms with Crippen molar-refractivity contribution in [3.8, 4) is 0 Å². The average molecular weight is 584 g/mol. The summed E-state index contributed by atoms with van der Waals surface area (Å²) >= 11 is 16.4. The third-order valence-corrected chi connectivity index (χ3v) is 4.97. The molecule has 2 N–H and O–H groups in total. The predicted molar refractivity (Wildman–Crippen MR) is 119 cm³/mol. The van der Waals surface area contributed by atoms with Gasteiger partial charge < -0.3 is 15.4 Å². The number of ether oxygens (including phenoxy) is 1. The van der Waals surface area contributed by atoms with Gasteiger partial charge in [0.05, 0.1) is 0 Å². The van der Waals surface area contributed by atoms with Crippen molar-refractivity contribution in [2.24, 2.45) is 0 Å². The van der Waals surface area contributed by atoms with E-state index >= 15 is 0 Å². The van der Waals surface area contributed by atoms with Gasteiger partial charge in [-0.3, -0.25) is 4.79 Å². The van der Waals surface area contributed by atoms with E-state index in [4.69, 9.17) is 34.8 Å². The highest BCUT2D eigenvalue weighted by atomic mass is 35.6. The number of aryl methyl sites for hydroxylation is 1. The van der Waals surface area contributed by atoms with Gasteiger partial charge in [0.1, 0.15) is 6.61 Å². The number of carbonyl (C=O) groups is 2. The number of benzene rings is 2. The molecule has 2 aromatic rings. The van der Waals surface area contributed by atoms with E-state index < -0.39 is 46.0 Å². The summed E-state index contributed by atoms with van der Waals surface area (Å²) in [6.07, 6.45) is -13.4. The number of rotatable bonds is 6. The predicted octanol–water partition coefficient (Wildman–Crippen LogP) is 7.13. The van der Waals surface area contributed by atoms with Gasteiger partial charge in [-0.2, -0.15) is 26.3 Å². The minimum atomic E-state index is -6.26. The van der Waals surface area contributed by atoms with Crippen molar-refractivity contribution in [3.05, 3.63) is 64.7 Å². The fraction of sp³-hybridized carbons (Fsp3) is 0.333. The molecular formula is C21H16Cl3F7N2O3. The number of halogens is 10. The molecule has 2 rings (SSSR count). The maximum atomic E-state index is 14.3. The highest BCUT2D eigenvalue weighted by Crippen LogP contribution is 2.53. The van der Waals surface area contributed by atoms with Crippen LogP contribution in [-0.2, 0) is 17.0 Å². The van der Waals surface area contributed by atoms with Crippen molar-refractivity contribution in [2.45, 2.75) is 35.3 Å². The topological polar surface area (TPSA) is 67.4 Å². The molecule has 0 aliphatic carbocycles. The molecule has 198 valence electrons. The van der Waals surface area contributed by atoms with E-state index in [1.165, 1.54) is 18.2 Å². The number of hydrogen-bond donors (Lipinski definition) is 2. The van der Waals surface area contributed by atoms with Crippen LogP contribution in [0.15, 0.2) is 42.5 Å².